The molecule has 1 N–H and O–H groups in total. The lowest BCUT2D eigenvalue weighted by Gasteiger charge is -2.31. The van der Waals surface area contributed by atoms with Crippen LogP contribution in [0.4, 0.5) is 10.5 Å². The third-order valence-electron chi connectivity index (χ3n) is 3.83. The molecule has 1 fully saturated rings. The van der Waals surface area contributed by atoms with E-state index in [1.807, 2.05) is 18.2 Å². The summed E-state index contributed by atoms with van der Waals surface area (Å²) in [4.78, 5) is 18.2. The van der Waals surface area contributed by atoms with Crippen molar-refractivity contribution in [1.82, 2.24) is 9.88 Å². The molecule has 2 heterocycles. The number of nitrogens with zero attached hydrogens (tertiary/aromatic N) is 2. The molecule has 7 heteroatoms. The molecule has 0 atom stereocenters. The minimum atomic E-state index is -0.148. The number of rotatable bonds is 3. The van der Waals surface area contributed by atoms with Gasteiger partial charge in [-0.25, -0.2) is 9.78 Å². The molecule has 24 heavy (non-hydrogen) atoms. The molecule has 0 radical (unpaired) electrons. The molecule has 1 saturated heterocycles. The summed E-state index contributed by atoms with van der Waals surface area (Å²) < 4.78 is 5.83. The second-order valence-electron chi connectivity index (χ2n) is 5.53. The summed E-state index contributed by atoms with van der Waals surface area (Å²) in [5, 5.41) is 3.71. The van der Waals surface area contributed by atoms with Crippen molar-refractivity contribution < 1.29 is 9.53 Å². The van der Waals surface area contributed by atoms with Gasteiger partial charge in [-0.05, 0) is 24.3 Å². The van der Waals surface area contributed by atoms with Crippen molar-refractivity contribution in [3.05, 3.63) is 52.6 Å². The SMILES string of the molecule is O=C(Nc1ccc(Cl)c(Cl)c1)N1CCC(Oc2ccccn2)CC1. The number of halogens is 2. The first-order valence-electron chi connectivity index (χ1n) is 7.70. The van der Waals surface area contributed by atoms with Gasteiger partial charge in [0.15, 0.2) is 0 Å². The van der Waals surface area contributed by atoms with E-state index in [0.29, 0.717) is 34.7 Å². The van der Waals surface area contributed by atoms with Crippen LogP contribution in [0.1, 0.15) is 12.8 Å². The van der Waals surface area contributed by atoms with Crippen LogP contribution in [-0.4, -0.2) is 35.1 Å². The third kappa shape index (κ3) is 4.30. The lowest BCUT2D eigenvalue weighted by atomic mass is 10.1. The Kier molecular flexibility index (Phi) is 5.43. The summed E-state index contributed by atoms with van der Waals surface area (Å²) in [6.45, 7) is 1.26. The number of ether oxygens (including phenoxy) is 1. The summed E-state index contributed by atoms with van der Waals surface area (Å²) in [6, 6.07) is 10.5. The molecule has 0 bridgehead atoms. The number of aromatic nitrogens is 1. The first-order chi connectivity index (χ1) is 11.6. The van der Waals surface area contributed by atoms with Gasteiger partial charge in [-0.2, -0.15) is 0 Å². The predicted molar refractivity (Wildman–Crippen MR) is 94.9 cm³/mol. The zero-order valence-electron chi connectivity index (χ0n) is 12.9. The van der Waals surface area contributed by atoms with Crippen LogP contribution in [-0.2, 0) is 0 Å². The molecule has 0 saturated carbocycles. The number of benzene rings is 1. The highest BCUT2D eigenvalue weighted by molar-refractivity contribution is 6.42. The molecule has 126 valence electrons. The van der Waals surface area contributed by atoms with Crippen molar-refractivity contribution in [3.8, 4) is 5.88 Å². The highest BCUT2D eigenvalue weighted by atomic mass is 35.5. The van der Waals surface area contributed by atoms with E-state index in [1.165, 1.54) is 0 Å². The van der Waals surface area contributed by atoms with Gasteiger partial charge in [0.25, 0.3) is 0 Å². The molecule has 1 aromatic carbocycles. The van der Waals surface area contributed by atoms with E-state index in [4.69, 9.17) is 27.9 Å². The van der Waals surface area contributed by atoms with Crippen molar-refractivity contribution in [2.24, 2.45) is 0 Å². The molecular formula is C17H17Cl2N3O2. The molecule has 0 aliphatic carbocycles. The van der Waals surface area contributed by atoms with Crippen LogP contribution >= 0.6 is 23.2 Å². The molecule has 5 nitrogen and oxygen atoms in total. The molecule has 1 aromatic heterocycles. The van der Waals surface area contributed by atoms with Gasteiger partial charge < -0.3 is 15.0 Å². The molecule has 3 rings (SSSR count). The van der Waals surface area contributed by atoms with Gasteiger partial charge in [0.05, 0.1) is 10.0 Å². The Bertz CT molecular complexity index is 704. The van der Waals surface area contributed by atoms with E-state index < -0.39 is 0 Å². The average Bonchev–Trinajstić information content (AvgIpc) is 2.60. The lowest BCUT2D eigenvalue weighted by molar-refractivity contribution is 0.111. The first kappa shape index (κ1) is 16.9. The van der Waals surface area contributed by atoms with Crippen LogP contribution in [0.2, 0.25) is 10.0 Å². The quantitative estimate of drug-likeness (QED) is 0.873. The number of hydrogen-bond acceptors (Lipinski definition) is 3. The number of carbonyl (C=O) groups excluding carboxylic acids is 1. The first-order valence-corrected chi connectivity index (χ1v) is 8.46. The van der Waals surface area contributed by atoms with Crippen LogP contribution in [0, 0.1) is 0 Å². The second kappa shape index (κ2) is 7.73. The summed E-state index contributed by atoms with van der Waals surface area (Å²) >= 11 is 11.8. The minimum absolute atomic E-state index is 0.0777. The number of pyridine rings is 1. The Morgan fingerprint density at radius 1 is 1.17 bits per heavy atom. The molecule has 1 aliphatic rings. The summed E-state index contributed by atoms with van der Waals surface area (Å²) in [7, 11) is 0. The maximum atomic E-state index is 12.3. The van der Waals surface area contributed by atoms with Gasteiger partial charge in [-0.15, -0.1) is 0 Å². The lowest BCUT2D eigenvalue weighted by Crippen LogP contribution is -2.43. The highest BCUT2D eigenvalue weighted by Gasteiger charge is 2.24. The number of likely N-dealkylation sites (tertiary alicyclic amines) is 1. The van der Waals surface area contributed by atoms with Crippen LogP contribution < -0.4 is 10.1 Å². The normalized spacial score (nSPS) is 15.2. The fourth-order valence-electron chi connectivity index (χ4n) is 2.54. The van der Waals surface area contributed by atoms with E-state index >= 15 is 0 Å². The second-order valence-corrected chi connectivity index (χ2v) is 6.35. The molecular weight excluding hydrogens is 349 g/mol. The van der Waals surface area contributed by atoms with E-state index in [1.54, 1.807) is 29.3 Å². The number of carbonyl (C=O) groups is 1. The summed E-state index contributed by atoms with van der Waals surface area (Å²) in [5.74, 6) is 0.621. The van der Waals surface area contributed by atoms with Crippen molar-refractivity contribution in [2.75, 3.05) is 18.4 Å². The van der Waals surface area contributed by atoms with E-state index in [0.717, 1.165) is 12.8 Å². The highest BCUT2D eigenvalue weighted by Crippen LogP contribution is 2.25. The molecule has 2 aromatic rings. The number of hydrogen-bond donors (Lipinski definition) is 1. The predicted octanol–water partition coefficient (Wildman–Crippen LogP) is 4.46. The maximum Gasteiger partial charge on any atom is 0.321 e. The number of urea groups is 1. The Balaban J connectivity index is 1.50. The Hall–Kier alpha value is -1.98. The Morgan fingerprint density at radius 2 is 1.96 bits per heavy atom. The summed E-state index contributed by atoms with van der Waals surface area (Å²) in [5.41, 5.74) is 0.626. The molecule has 1 aliphatic heterocycles. The zero-order valence-corrected chi connectivity index (χ0v) is 14.4. The largest absolute Gasteiger partial charge is 0.474 e. The standard InChI is InChI=1S/C17H17Cl2N3O2/c18-14-5-4-12(11-15(14)19)21-17(23)22-9-6-13(7-10-22)24-16-3-1-2-8-20-16/h1-5,8,11,13H,6-7,9-10H2,(H,21,23). The summed E-state index contributed by atoms with van der Waals surface area (Å²) in [6.07, 6.45) is 3.32. The number of nitrogens with one attached hydrogen (secondary N) is 1. The number of piperidine rings is 1. The van der Waals surface area contributed by atoms with E-state index in [-0.39, 0.29) is 12.1 Å². The van der Waals surface area contributed by atoms with Gasteiger partial charge in [0.1, 0.15) is 6.10 Å². The molecule has 0 unspecified atom stereocenters. The minimum Gasteiger partial charge on any atom is -0.474 e. The fourth-order valence-corrected chi connectivity index (χ4v) is 2.84. The van der Waals surface area contributed by atoms with Gasteiger partial charge in [-0.1, -0.05) is 29.3 Å². The maximum absolute atomic E-state index is 12.3. The third-order valence-corrected chi connectivity index (χ3v) is 4.56. The average molecular weight is 366 g/mol. The molecule has 0 spiro atoms. The van der Waals surface area contributed by atoms with Crippen LogP contribution in [0.25, 0.3) is 0 Å². The van der Waals surface area contributed by atoms with E-state index in [9.17, 15) is 4.79 Å². The monoisotopic (exact) mass is 365 g/mol. The van der Waals surface area contributed by atoms with Crippen LogP contribution in [0.15, 0.2) is 42.6 Å². The van der Waals surface area contributed by atoms with E-state index in [2.05, 4.69) is 10.3 Å². The van der Waals surface area contributed by atoms with Gasteiger partial charge in [0, 0.05) is 43.9 Å². The molecule has 2 amide bonds. The van der Waals surface area contributed by atoms with Crippen molar-refractivity contribution >= 4 is 34.9 Å². The number of amides is 2. The van der Waals surface area contributed by atoms with Gasteiger partial charge in [-0.3, -0.25) is 0 Å². The fraction of sp³-hybridized carbons (Fsp3) is 0.294. The number of anilines is 1. The van der Waals surface area contributed by atoms with Crippen LogP contribution in [0.5, 0.6) is 5.88 Å². The smallest absolute Gasteiger partial charge is 0.321 e. The topological polar surface area (TPSA) is 54.5 Å². The Labute approximate surface area is 150 Å². The van der Waals surface area contributed by atoms with Crippen molar-refractivity contribution in [3.63, 3.8) is 0 Å². The Morgan fingerprint density at radius 3 is 2.62 bits per heavy atom. The van der Waals surface area contributed by atoms with Gasteiger partial charge in [0.2, 0.25) is 5.88 Å². The zero-order chi connectivity index (χ0) is 16.9. The van der Waals surface area contributed by atoms with Crippen molar-refractivity contribution in [1.29, 1.82) is 0 Å². The van der Waals surface area contributed by atoms with Gasteiger partial charge >= 0.3 is 6.03 Å². The van der Waals surface area contributed by atoms with Crippen molar-refractivity contribution in [2.45, 2.75) is 18.9 Å². The van der Waals surface area contributed by atoms with Crippen LogP contribution in [0.3, 0.4) is 0 Å².